The second-order valence-corrected chi connectivity index (χ2v) is 5.55. The molecule has 0 bridgehead atoms. The highest BCUT2D eigenvalue weighted by Gasteiger charge is 2.27. The highest BCUT2D eigenvalue weighted by molar-refractivity contribution is 6.00. The van der Waals surface area contributed by atoms with Crippen molar-refractivity contribution in [2.45, 2.75) is 45.1 Å². The summed E-state index contributed by atoms with van der Waals surface area (Å²) in [5, 5.41) is 9.28. The highest BCUT2D eigenvalue weighted by Crippen LogP contribution is 2.26. The zero-order valence-corrected chi connectivity index (χ0v) is 12.1. The number of benzene rings is 1. The summed E-state index contributed by atoms with van der Waals surface area (Å²) < 4.78 is 0. The predicted octanol–water partition coefficient (Wildman–Crippen LogP) is 2.34. The van der Waals surface area contributed by atoms with Crippen LogP contribution in [0.15, 0.2) is 18.2 Å². The molecule has 0 heterocycles. The molecule has 0 spiro atoms. The molecule has 1 amide bonds. The van der Waals surface area contributed by atoms with E-state index in [1.165, 1.54) is 6.42 Å². The van der Waals surface area contributed by atoms with E-state index in [0.717, 1.165) is 31.2 Å². The molecule has 1 aromatic carbocycles. The molecule has 1 aromatic rings. The number of carbonyl (C=O) groups excluding carboxylic acids is 1. The minimum Gasteiger partial charge on any atom is -0.398 e. The van der Waals surface area contributed by atoms with Crippen molar-refractivity contribution in [2.24, 2.45) is 0 Å². The van der Waals surface area contributed by atoms with Gasteiger partial charge in [0.2, 0.25) is 0 Å². The maximum Gasteiger partial charge on any atom is 0.256 e. The van der Waals surface area contributed by atoms with Crippen molar-refractivity contribution in [2.75, 3.05) is 18.9 Å². The summed E-state index contributed by atoms with van der Waals surface area (Å²) in [6, 6.07) is 5.76. The van der Waals surface area contributed by atoms with Crippen molar-refractivity contribution in [1.82, 2.24) is 4.90 Å². The van der Waals surface area contributed by atoms with Crippen LogP contribution in [0.3, 0.4) is 0 Å². The van der Waals surface area contributed by atoms with E-state index in [4.69, 9.17) is 5.73 Å². The van der Waals surface area contributed by atoms with E-state index in [-0.39, 0.29) is 18.6 Å². The summed E-state index contributed by atoms with van der Waals surface area (Å²) in [6.07, 6.45) is 5.60. The molecule has 0 unspecified atom stereocenters. The fraction of sp³-hybridized carbons (Fsp3) is 0.562. The number of aryl methyl sites for hydroxylation is 1. The van der Waals surface area contributed by atoms with Gasteiger partial charge in [-0.2, -0.15) is 0 Å². The first kappa shape index (κ1) is 14.9. The third-order valence-corrected chi connectivity index (χ3v) is 4.14. The minimum absolute atomic E-state index is 0.00593. The number of hydrogen-bond acceptors (Lipinski definition) is 3. The van der Waals surface area contributed by atoms with Crippen molar-refractivity contribution in [3.63, 3.8) is 0 Å². The van der Waals surface area contributed by atoms with E-state index in [1.54, 1.807) is 6.07 Å². The quantitative estimate of drug-likeness (QED) is 0.830. The van der Waals surface area contributed by atoms with Gasteiger partial charge in [0.05, 0.1) is 12.2 Å². The summed E-state index contributed by atoms with van der Waals surface area (Å²) in [4.78, 5) is 14.6. The lowest BCUT2D eigenvalue weighted by atomic mass is 9.93. The molecule has 2 rings (SSSR count). The van der Waals surface area contributed by atoms with Gasteiger partial charge >= 0.3 is 0 Å². The Balaban J connectivity index is 2.26. The van der Waals surface area contributed by atoms with Gasteiger partial charge in [0.1, 0.15) is 0 Å². The molecule has 0 atom stereocenters. The Morgan fingerprint density at radius 1 is 1.35 bits per heavy atom. The van der Waals surface area contributed by atoms with Gasteiger partial charge in [-0.3, -0.25) is 4.79 Å². The van der Waals surface area contributed by atoms with E-state index in [1.807, 2.05) is 24.0 Å². The molecule has 110 valence electrons. The molecule has 1 aliphatic rings. The van der Waals surface area contributed by atoms with Gasteiger partial charge in [-0.1, -0.05) is 31.4 Å². The summed E-state index contributed by atoms with van der Waals surface area (Å²) in [5.74, 6) is -0.0402. The van der Waals surface area contributed by atoms with Crippen molar-refractivity contribution in [3.05, 3.63) is 29.3 Å². The zero-order valence-electron chi connectivity index (χ0n) is 12.1. The molecule has 0 saturated heterocycles. The van der Waals surface area contributed by atoms with E-state index in [9.17, 15) is 9.90 Å². The number of amides is 1. The van der Waals surface area contributed by atoms with Crippen LogP contribution in [0.2, 0.25) is 0 Å². The first-order valence-corrected chi connectivity index (χ1v) is 7.42. The molecule has 1 aliphatic carbocycles. The lowest BCUT2D eigenvalue weighted by molar-refractivity contribution is 0.0586. The molecule has 4 heteroatoms. The van der Waals surface area contributed by atoms with Crippen LogP contribution in [0.25, 0.3) is 0 Å². The van der Waals surface area contributed by atoms with E-state index in [2.05, 4.69) is 0 Å². The highest BCUT2D eigenvalue weighted by atomic mass is 16.3. The number of hydrogen-bond donors (Lipinski definition) is 2. The van der Waals surface area contributed by atoms with Gasteiger partial charge < -0.3 is 15.7 Å². The number of rotatable bonds is 4. The Bertz CT molecular complexity index is 447. The number of aliphatic hydroxyl groups is 1. The molecular weight excluding hydrogens is 252 g/mol. The monoisotopic (exact) mass is 276 g/mol. The summed E-state index contributed by atoms with van der Waals surface area (Å²) in [7, 11) is 0. The van der Waals surface area contributed by atoms with Gasteiger partial charge in [0.15, 0.2) is 0 Å². The lowest BCUT2D eigenvalue weighted by Gasteiger charge is -2.34. The first-order valence-electron chi connectivity index (χ1n) is 7.42. The van der Waals surface area contributed by atoms with Crippen LogP contribution in [0.4, 0.5) is 5.69 Å². The topological polar surface area (TPSA) is 66.6 Å². The average Bonchev–Trinajstić information content (AvgIpc) is 2.45. The smallest absolute Gasteiger partial charge is 0.256 e. The molecule has 1 fully saturated rings. The third kappa shape index (κ3) is 3.12. The maximum absolute atomic E-state index is 12.8. The van der Waals surface area contributed by atoms with Crippen LogP contribution in [-0.2, 0) is 0 Å². The van der Waals surface area contributed by atoms with Crippen molar-refractivity contribution in [3.8, 4) is 0 Å². The molecule has 4 nitrogen and oxygen atoms in total. The van der Waals surface area contributed by atoms with Crippen molar-refractivity contribution in [1.29, 1.82) is 0 Å². The average molecular weight is 276 g/mol. The normalized spacial score (nSPS) is 16.1. The second kappa shape index (κ2) is 6.75. The summed E-state index contributed by atoms with van der Waals surface area (Å²) in [5.41, 5.74) is 7.98. The Morgan fingerprint density at radius 2 is 2.05 bits per heavy atom. The SMILES string of the molecule is Cc1cccc(N)c1C(=O)N(CCO)C1CCCCC1. The van der Waals surface area contributed by atoms with Crippen LogP contribution in [-0.4, -0.2) is 35.1 Å². The standard InChI is InChI=1S/C16H24N2O2/c1-12-6-5-9-14(17)15(12)16(20)18(10-11-19)13-7-3-2-4-8-13/h5-6,9,13,19H,2-4,7-8,10-11,17H2,1H3. The molecular formula is C16H24N2O2. The number of carbonyl (C=O) groups is 1. The predicted molar refractivity (Wildman–Crippen MR) is 80.6 cm³/mol. The van der Waals surface area contributed by atoms with E-state index >= 15 is 0 Å². The Labute approximate surface area is 120 Å². The Kier molecular flexibility index (Phi) is 5.01. The largest absolute Gasteiger partial charge is 0.398 e. The maximum atomic E-state index is 12.8. The molecule has 0 radical (unpaired) electrons. The third-order valence-electron chi connectivity index (χ3n) is 4.14. The van der Waals surface area contributed by atoms with Crippen LogP contribution < -0.4 is 5.73 Å². The Morgan fingerprint density at radius 3 is 2.65 bits per heavy atom. The fourth-order valence-electron chi connectivity index (χ4n) is 3.08. The lowest BCUT2D eigenvalue weighted by Crippen LogP contribution is -2.43. The van der Waals surface area contributed by atoms with Gasteiger partial charge in [-0.25, -0.2) is 0 Å². The van der Waals surface area contributed by atoms with Crippen LogP contribution >= 0.6 is 0 Å². The molecule has 3 N–H and O–H groups in total. The van der Waals surface area contributed by atoms with Gasteiger partial charge in [0.25, 0.3) is 5.91 Å². The van der Waals surface area contributed by atoms with Gasteiger partial charge in [-0.15, -0.1) is 0 Å². The van der Waals surface area contributed by atoms with Crippen LogP contribution in [0.5, 0.6) is 0 Å². The number of nitrogen functional groups attached to an aromatic ring is 1. The number of aliphatic hydroxyl groups excluding tert-OH is 1. The number of nitrogens with zero attached hydrogens (tertiary/aromatic N) is 1. The molecule has 1 saturated carbocycles. The van der Waals surface area contributed by atoms with E-state index in [0.29, 0.717) is 17.8 Å². The van der Waals surface area contributed by atoms with Crippen molar-refractivity contribution >= 4 is 11.6 Å². The molecule has 20 heavy (non-hydrogen) atoms. The van der Waals surface area contributed by atoms with Gasteiger partial charge in [0, 0.05) is 18.3 Å². The van der Waals surface area contributed by atoms with Crippen LogP contribution in [0, 0.1) is 6.92 Å². The number of anilines is 1. The second-order valence-electron chi connectivity index (χ2n) is 5.55. The number of nitrogens with two attached hydrogens (primary N) is 1. The van der Waals surface area contributed by atoms with Gasteiger partial charge in [-0.05, 0) is 31.4 Å². The van der Waals surface area contributed by atoms with Crippen molar-refractivity contribution < 1.29 is 9.90 Å². The first-order chi connectivity index (χ1) is 9.65. The zero-order chi connectivity index (χ0) is 14.5. The molecule has 0 aliphatic heterocycles. The summed E-state index contributed by atoms with van der Waals surface area (Å²) in [6.45, 7) is 2.28. The summed E-state index contributed by atoms with van der Waals surface area (Å²) >= 11 is 0. The van der Waals surface area contributed by atoms with E-state index < -0.39 is 0 Å². The van der Waals surface area contributed by atoms with Crippen LogP contribution in [0.1, 0.15) is 48.0 Å². The fourth-order valence-corrected chi connectivity index (χ4v) is 3.08. The Hall–Kier alpha value is -1.55. The minimum atomic E-state index is -0.0402. The molecule has 0 aromatic heterocycles.